The van der Waals surface area contributed by atoms with Crippen LogP contribution in [0.1, 0.15) is 5.56 Å². The second-order valence-corrected chi connectivity index (χ2v) is 3.59. The van der Waals surface area contributed by atoms with Crippen LogP contribution >= 0.6 is 11.8 Å². The van der Waals surface area contributed by atoms with Gasteiger partial charge in [0.15, 0.2) is 0 Å². The van der Waals surface area contributed by atoms with Crippen molar-refractivity contribution in [1.82, 2.24) is 0 Å². The van der Waals surface area contributed by atoms with E-state index in [1.165, 1.54) is 0 Å². The Morgan fingerprint density at radius 2 is 2.38 bits per heavy atom. The first-order valence-corrected chi connectivity index (χ1v) is 4.63. The molecule has 0 aromatic heterocycles. The first kappa shape index (κ1) is 8.44. The van der Waals surface area contributed by atoms with Gasteiger partial charge in [-0.05, 0) is 30.0 Å². The highest BCUT2D eigenvalue weighted by Crippen LogP contribution is 2.32. The summed E-state index contributed by atoms with van der Waals surface area (Å²) >= 11 is 1.11. The van der Waals surface area contributed by atoms with Crippen molar-refractivity contribution in [1.29, 1.82) is 0 Å². The third-order valence-electron chi connectivity index (χ3n) is 1.81. The second kappa shape index (κ2) is 3.30. The number of rotatable bonds is 1. The number of benzene rings is 1. The van der Waals surface area contributed by atoms with Gasteiger partial charge in [0.05, 0.1) is 7.11 Å². The largest absolute Gasteiger partial charge is 0.497 e. The molecule has 0 N–H and O–H groups in total. The average molecular weight is 196 g/mol. The molecule has 0 amide bonds. The molecule has 0 bridgehead atoms. The molecule has 0 saturated carbocycles. The Kier molecular flexibility index (Phi) is 2.14. The van der Waals surface area contributed by atoms with E-state index in [0.717, 1.165) is 28.0 Å². The monoisotopic (exact) mass is 196 g/mol. The number of fused-ring (bicyclic) bond motifs is 1. The van der Waals surface area contributed by atoms with Crippen LogP contribution < -0.4 is 4.74 Å². The van der Waals surface area contributed by atoms with E-state index in [1.54, 1.807) is 7.11 Å². The first-order chi connectivity index (χ1) is 6.29. The smallest absolute Gasteiger partial charge is 0.372 e. The van der Waals surface area contributed by atoms with Gasteiger partial charge in [-0.3, -0.25) is 0 Å². The highest BCUT2D eigenvalue weighted by atomic mass is 32.2. The lowest BCUT2D eigenvalue weighted by Crippen LogP contribution is -2.06. The third kappa shape index (κ3) is 1.62. The normalized spacial score (nSPS) is 14.7. The molecule has 0 spiro atoms. The van der Waals surface area contributed by atoms with Gasteiger partial charge in [-0.25, -0.2) is 4.79 Å². The molecular weight excluding hydrogens is 188 g/mol. The SMILES string of the molecule is COc1ccc2c(c1)COC(=O)S2. The van der Waals surface area contributed by atoms with Gasteiger partial charge in [0.2, 0.25) is 0 Å². The van der Waals surface area contributed by atoms with Gasteiger partial charge in [0.25, 0.3) is 0 Å². The maximum Gasteiger partial charge on any atom is 0.372 e. The zero-order valence-electron chi connectivity index (χ0n) is 7.07. The molecule has 1 heterocycles. The molecule has 0 atom stereocenters. The molecule has 0 saturated heterocycles. The van der Waals surface area contributed by atoms with Gasteiger partial charge in [0, 0.05) is 10.5 Å². The van der Waals surface area contributed by atoms with Gasteiger partial charge < -0.3 is 9.47 Å². The summed E-state index contributed by atoms with van der Waals surface area (Å²) in [7, 11) is 1.61. The van der Waals surface area contributed by atoms with Crippen LogP contribution in [0.3, 0.4) is 0 Å². The highest BCUT2D eigenvalue weighted by Gasteiger charge is 2.17. The molecule has 0 radical (unpaired) electrons. The third-order valence-corrected chi connectivity index (χ3v) is 2.71. The molecule has 1 aliphatic rings. The number of hydrogen-bond donors (Lipinski definition) is 0. The summed E-state index contributed by atoms with van der Waals surface area (Å²) in [4.78, 5) is 11.8. The number of carbonyl (C=O) groups is 1. The molecule has 68 valence electrons. The summed E-state index contributed by atoms with van der Waals surface area (Å²) < 4.78 is 9.93. The predicted octanol–water partition coefficient (Wildman–Crippen LogP) is 2.44. The van der Waals surface area contributed by atoms with Crippen LogP contribution in [0.4, 0.5) is 4.79 Å². The maximum absolute atomic E-state index is 10.9. The quantitative estimate of drug-likeness (QED) is 0.646. The summed E-state index contributed by atoms with van der Waals surface area (Å²) in [5.74, 6) is 0.789. The molecule has 1 aliphatic heterocycles. The van der Waals surface area contributed by atoms with Gasteiger partial charge >= 0.3 is 5.30 Å². The van der Waals surface area contributed by atoms with Gasteiger partial charge in [-0.1, -0.05) is 0 Å². The molecule has 0 unspecified atom stereocenters. The Balaban J connectivity index is 2.36. The molecule has 4 heteroatoms. The lowest BCUT2D eigenvalue weighted by molar-refractivity contribution is 0.165. The summed E-state index contributed by atoms with van der Waals surface area (Å²) in [5, 5.41) is -0.238. The minimum absolute atomic E-state index is 0.238. The number of thioether (sulfide) groups is 1. The Labute approximate surface area is 80.0 Å². The molecule has 2 rings (SSSR count). The zero-order valence-corrected chi connectivity index (χ0v) is 7.89. The van der Waals surface area contributed by atoms with Gasteiger partial charge in [-0.2, -0.15) is 0 Å². The van der Waals surface area contributed by atoms with E-state index < -0.39 is 0 Å². The van der Waals surface area contributed by atoms with Crippen LogP contribution in [-0.2, 0) is 11.3 Å². The van der Waals surface area contributed by atoms with Crippen molar-refractivity contribution in [3.63, 3.8) is 0 Å². The van der Waals surface area contributed by atoms with Crippen molar-refractivity contribution in [3.8, 4) is 5.75 Å². The molecule has 0 aliphatic carbocycles. The topological polar surface area (TPSA) is 35.5 Å². The predicted molar refractivity (Wildman–Crippen MR) is 49.0 cm³/mol. The maximum atomic E-state index is 10.9. The number of hydrogen-bond acceptors (Lipinski definition) is 4. The summed E-state index contributed by atoms with van der Waals surface area (Å²) in [6.07, 6.45) is 0. The Bertz CT molecular complexity index is 349. The summed E-state index contributed by atoms with van der Waals surface area (Å²) in [6.45, 7) is 0.346. The number of cyclic esters (lactones) is 1. The molecule has 1 aromatic carbocycles. The van der Waals surface area contributed by atoms with Crippen molar-refractivity contribution in [2.75, 3.05) is 7.11 Å². The molecule has 0 fully saturated rings. The Morgan fingerprint density at radius 3 is 3.15 bits per heavy atom. The van der Waals surface area contributed by atoms with Crippen LogP contribution in [0.25, 0.3) is 0 Å². The Morgan fingerprint density at radius 1 is 1.54 bits per heavy atom. The van der Waals surface area contributed by atoms with E-state index >= 15 is 0 Å². The number of ether oxygens (including phenoxy) is 2. The molecular formula is C9H8O3S. The summed E-state index contributed by atoms with van der Waals surface area (Å²) in [5.41, 5.74) is 1.00. The first-order valence-electron chi connectivity index (χ1n) is 3.81. The minimum atomic E-state index is -0.238. The van der Waals surface area contributed by atoms with Crippen molar-refractivity contribution in [2.45, 2.75) is 11.5 Å². The fourth-order valence-corrected chi connectivity index (χ4v) is 1.83. The van der Waals surface area contributed by atoms with E-state index in [1.807, 2.05) is 18.2 Å². The standard InChI is InChI=1S/C9H8O3S/c1-11-7-2-3-8-6(4-7)5-12-9(10)13-8/h2-4H,5H2,1H3. The molecule has 1 aromatic rings. The van der Waals surface area contributed by atoms with Crippen LogP contribution in [-0.4, -0.2) is 12.4 Å². The molecule has 3 nitrogen and oxygen atoms in total. The van der Waals surface area contributed by atoms with E-state index in [9.17, 15) is 4.79 Å². The van der Waals surface area contributed by atoms with E-state index in [0.29, 0.717) is 6.61 Å². The van der Waals surface area contributed by atoms with Crippen LogP contribution in [0.2, 0.25) is 0 Å². The minimum Gasteiger partial charge on any atom is -0.497 e. The average Bonchev–Trinajstić information content (AvgIpc) is 2.17. The number of carbonyl (C=O) groups excluding carboxylic acids is 1. The number of methoxy groups -OCH3 is 1. The fraction of sp³-hybridized carbons (Fsp3) is 0.222. The van der Waals surface area contributed by atoms with Crippen LogP contribution in [0, 0.1) is 0 Å². The zero-order chi connectivity index (χ0) is 9.26. The van der Waals surface area contributed by atoms with Crippen molar-refractivity contribution in [2.24, 2.45) is 0 Å². The van der Waals surface area contributed by atoms with Crippen LogP contribution in [0.5, 0.6) is 5.75 Å². The highest BCUT2D eigenvalue weighted by molar-refractivity contribution is 8.13. The van der Waals surface area contributed by atoms with Gasteiger partial charge in [0.1, 0.15) is 12.4 Å². The summed E-state index contributed by atoms with van der Waals surface area (Å²) in [6, 6.07) is 5.60. The van der Waals surface area contributed by atoms with E-state index in [4.69, 9.17) is 9.47 Å². The van der Waals surface area contributed by atoms with Crippen molar-refractivity contribution >= 4 is 17.1 Å². The van der Waals surface area contributed by atoms with E-state index in [-0.39, 0.29) is 5.30 Å². The van der Waals surface area contributed by atoms with Crippen LogP contribution in [0.15, 0.2) is 23.1 Å². The lowest BCUT2D eigenvalue weighted by Gasteiger charge is -2.15. The van der Waals surface area contributed by atoms with E-state index in [2.05, 4.69) is 0 Å². The Hall–Kier alpha value is -1.16. The molecule has 13 heavy (non-hydrogen) atoms. The van der Waals surface area contributed by atoms with Crippen molar-refractivity contribution < 1.29 is 14.3 Å². The van der Waals surface area contributed by atoms with Gasteiger partial charge in [-0.15, -0.1) is 0 Å². The van der Waals surface area contributed by atoms with Crippen molar-refractivity contribution in [3.05, 3.63) is 23.8 Å². The lowest BCUT2D eigenvalue weighted by atomic mass is 10.2. The second-order valence-electron chi connectivity index (χ2n) is 2.61. The fourth-order valence-electron chi connectivity index (χ4n) is 1.15.